The van der Waals surface area contributed by atoms with Gasteiger partial charge in [-0.15, -0.1) is 0 Å². The van der Waals surface area contributed by atoms with Gasteiger partial charge in [0.15, 0.2) is 0 Å². The van der Waals surface area contributed by atoms with Crippen LogP contribution >= 0.6 is 0 Å². The Morgan fingerprint density at radius 2 is 2.06 bits per heavy atom. The molecule has 0 spiro atoms. The molecule has 1 rings (SSSR count). The normalized spacial score (nSPS) is 14.1. The summed E-state index contributed by atoms with van der Waals surface area (Å²) < 4.78 is 13.5. The molecule has 3 nitrogen and oxygen atoms in total. The van der Waals surface area contributed by atoms with Crippen LogP contribution in [0.15, 0.2) is 24.3 Å². The van der Waals surface area contributed by atoms with Gasteiger partial charge in [0, 0.05) is 13.6 Å². The van der Waals surface area contributed by atoms with Crippen molar-refractivity contribution in [3.63, 3.8) is 0 Å². The van der Waals surface area contributed by atoms with Crippen LogP contribution < -0.4 is 4.90 Å². The van der Waals surface area contributed by atoms with Gasteiger partial charge in [-0.05, 0) is 25.5 Å². The largest absolute Gasteiger partial charge is 0.481 e. The van der Waals surface area contributed by atoms with E-state index in [-0.39, 0.29) is 12.4 Å². The lowest BCUT2D eigenvalue weighted by atomic mass is 9.87. The average Bonchev–Trinajstić information content (AvgIpc) is 2.29. The van der Waals surface area contributed by atoms with Crippen molar-refractivity contribution in [2.24, 2.45) is 5.41 Å². The molecule has 0 aliphatic carbocycles. The zero-order valence-corrected chi connectivity index (χ0v) is 10.4. The number of aliphatic carboxylic acids is 1. The van der Waals surface area contributed by atoms with Crippen molar-refractivity contribution in [1.29, 1.82) is 0 Å². The number of rotatable bonds is 5. The summed E-state index contributed by atoms with van der Waals surface area (Å²) in [4.78, 5) is 12.8. The highest BCUT2D eigenvalue weighted by Gasteiger charge is 2.32. The number of hydrogen-bond donors (Lipinski definition) is 1. The Kier molecular flexibility index (Phi) is 4.10. The van der Waals surface area contributed by atoms with E-state index >= 15 is 0 Å². The minimum absolute atomic E-state index is 0.278. The fourth-order valence-corrected chi connectivity index (χ4v) is 1.70. The molecule has 0 fully saturated rings. The second-order valence-electron chi connectivity index (χ2n) is 4.53. The van der Waals surface area contributed by atoms with Crippen LogP contribution in [-0.4, -0.2) is 24.7 Å². The fourth-order valence-electron chi connectivity index (χ4n) is 1.70. The van der Waals surface area contributed by atoms with Crippen LogP contribution in [0.3, 0.4) is 0 Å². The average molecular weight is 239 g/mol. The van der Waals surface area contributed by atoms with Crippen molar-refractivity contribution >= 4 is 11.7 Å². The van der Waals surface area contributed by atoms with Crippen LogP contribution in [-0.2, 0) is 4.79 Å². The van der Waals surface area contributed by atoms with Gasteiger partial charge < -0.3 is 10.0 Å². The molecule has 0 aliphatic heterocycles. The van der Waals surface area contributed by atoms with Crippen LogP contribution in [0, 0.1) is 11.2 Å². The molecular formula is C13H18FNO2. The molecule has 1 atom stereocenters. The number of nitrogens with zero attached hydrogens (tertiary/aromatic N) is 1. The second kappa shape index (κ2) is 5.17. The fraction of sp³-hybridized carbons (Fsp3) is 0.462. The number of hydrogen-bond acceptors (Lipinski definition) is 2. The SMILES string of the molecule is CCC(C)(CN(C)c1ccccc1F)C(=O)O. The summed E-state index contributed by atoms with van der Waals surface area (Å²) in [5.41, 5.74) is -0.440. The van der Waals surface area contributed by atoms with Crippen LogP contribution in [0.5, 0.6) is 0 Å². The molecule has 94 valence electrons. The van der Waals surface area contributed by atoms with Gasteiger partial charge in [-0.1, -0.05) is 19.1 Å². The summed E-state index contributed by atoms with van der Waals surface area (Å²) >= 11 is 0. The van der Waals surface area contributed by atoms with E-state index in [1.807, 2.05) is 6.92 Å². The van der Waals surface area contributed by atoms with E-state index in [0.717, 1.165) is 0 Å². The van der Waals surface area contributed by atoms with Crippen molar-refractivity contribution < 1.29 is 14.3 Å². The number of halogens is 1. The monoisotopic (exact) mass is 239 g/mol. The number of carboxylic acids is 1. The topological polar surface area (TPSA) is 40.5 Å². The molecule has 0 aromatic heterocycles. The summed E-state index contributed by atoms with van der Waals surface area (Å²) in [6.07, 6.45) is 0.501. The lowest BCUT2D eigenvalue weighted by Crippen LogP contribution is -2.39. The third-order valence-electron chi connectivity index (χ3n) is 3.15. The molecule has 1 N–H and O–H groups in total. The highest BCUT2D eigenvalue weighted by molar-refractivity contribution is 5.75. The van der Waals surface area contributed by atoms with Gasteiger partial charge >= 0.3 is 5.97 Å². The van der Waals surface area contributed by atoms with Gasteiger partial charge in [0.2, 0.25) is 0 Å². The Balaban J connectivity index is 2.89. The Bertz CT molecular complexity index is 408. The number of para-hydroxylation sites is 1. The second-order valence-corrected chi connectivity index (χ2v) is 4.53. The first-order valence-electron chi connectivity index (χ1n) is 5.60. The summed E-state index contributed by atoms with van der Waals surface area (Å²) in [5.74, 6) is -1.19. The molecule has 0 saturated carbocycles. The molecule has 1 aromatic carbocycles. The predicted molar refractivity (Wildman–Crippen MR) is 65.7 cm³/mol. The first-order valence-corrected chi connectivity index (χ1v) is 5.60. The molecule has 0 heterocycles. The van der Waals surface area contributed by atoms with Gasteiger partial charge in [-0.25, -0.2) is 4.39 Å². The first-order chi connectivity index (χ1) is 7.90. The number of benzene rings is 1. The molecule has 0 bridgehead atoms. The molecule has 0 radical (unpaired) electrons. The lowest BCUT2D eigenvalue weighted by Gasteiger charge is -2.30. The summed E-state index contributed by atoms with van der Waals surface area (Å²) in [6.45, 7) is 3.77. The molecule has 4 heteroatoms. The van der Waals surface area contributed by atoms with Crippen LogP contribution in [0.25, 0.3) is 0 Å². The zero-order chi connectivity index (χ0) is 13.1. The number of carbonyl (C=O) groups is 1. The Hall–Kier alpha value is -1.58. The first kappa shape index (κ1) is 13.5. The molecule has 0 amide bonds. The Morgan fingerprint density at radius 3 is 2.53 bits per heavy atom. The van der Waals surface area contributed by atoms with Crippen LogP contribution in [0.2, 0.25) is 0 Å². The van der Waals surface area contributed by atoms with Crippen LogP contribution in [0.1, 0.15) is 20.3 Å². The van der Waals surface area contributed by atoms with E-state index in [4.69, 9.17) is 0 Å². The zero-order valence-electron chi connectivity index (χ0n) is 10.4. The van der Waals surface area contributed by atoms with Crippen molar-refractivity contribution in [2.45, 2.75) is 20.3 Å². The van der Waals surface area contributed by atoms with Crippen molar-refractivity contribution in [3.05, 3.63) is 30.1 Å². The lowest BCUT2D eigenvalue weighted by molar-refractivity contribution is -0.147. The maximum atomic E-state index is 13.5. The van der Waals surface area contributed by atoms with Gasteiger partial charge in [0.1, 0.15) is 5.82 Å². The highest BCUT2D eigenvalue weighted by atomic mass is 19.1. The number of carboxylic acid groups (broad SMARTS) is 1. The van der Waals surface area contributed by atoms with Gasteiger partial charge in [-0.3, -0.25) is 4.79 Å². The van der Waals surface area contributed by atoms with E-state index < -0.39 is 11.4 Å². The minimum atomic E-state index is -0.864. The van der Waals surface area contributed by atoms with E-state index in [9.17, 15) is 14.3 Å². The van der Waals surface area contributed by atoms with E-state index in [0.29, 0.717) is 12.1 Å². The molecule has 0 aliphatic rings. The van der Waals surface area contributed by atoms with Crippen molar-refractivity contribution in [2.75, 3.05) is 18.5 Å². The van der Waals surface area contributed by atoms with E-state index in [2.05, 4.69) is 0 Å². The molecule has 17 heavy (non-hydrogen) atoms. The van der Waals surface area contributed by atoms with E-state index in [1.54, 1.807) is 37.1 Å². The maximum Gasteiger partial charge on any atom is 0.311 e. The van der Waals surface area contributed by atoms with Gasteiger partial charge in [-0.2, -0.15) is 0 Å². The highest BCUT2D eigenvalue weighted by Crippen LogP contribution is 2.26. The van der Waals surface area contributed by atoms with Crippen molar-refractivity contribution in [1.82, 2.24) is 0 Å². The van der Waals surface area contributed by atoms with Crippen LogP contribution in [0.4, 0.5) is 10.1 Å². The number of anilines is 1. The smallest absolute Gasteiger partial charge is 0.311 e. The predicted octanol–water partition coefficient (Wildman–Crippen LogP) is 2.76. The third-order valence-corrected chi connectivity index (χ3v) is 3.15. The van der Waals surface area contributed by atoms with E-state index in [1.165, 1.54) is 6.07 Å². The van der Waals surface area contributed by atoms with Gasteiger partial charge in [0.25, 0.3) is 0 Å². The Morgan fingerprint density at radius 1 is 1.47 bits per heavy atom. The Labute approximate surface area is 101 Å². The summed E-state index contributed by atoms with van der Waals surface area (Å²) in [7, 11) is 1.70. The summed E-state index contributed by atoms with van der Waals surface area (Å²) in [5, 5.41) is 9.18. The minimum Gasteiger partial charge on any atom is -0.481 e. The summed E-state index contributed by atoms with van der Waals surface area (Å²) in [6, 6.07) is 6.37. The van der Waals surface area contributed by atoms with Crippen molar-refractivity contribution in [3.8, 4) is 0 Å². The quantitative estimate of drug-likeness (QED) is 0.859. The molecular weight excluding hydrogens is 221 g/mol. The molecule has 1 unspecified atom stereocenters. The molecule has 0 saturated heterocycles. The van der Waals surface area contributed by atoms with Gasteiger partial charge in [0.05, 0.1) is 11.1 Å². The maximum absolute atomic E-state index is 13.5. The molecule has 1 aromatic rings. The standard InChI is InChI=1S/C13H18FNO2/c1-4-13(2,12(16)17)9-15(3)11-8-6-5-7-10(11)14/h5-8H,4,9H2,1-3H3,(H,16,17). The third kappa shape index (κ3) is 2.96.